The lowest BCUT2D eigenvalue weighted by atomic mass is 10.2. The Balaban J connectivity index is 1.65. The van der Waals surface area contributed by atoms with Crippen LogP contribution >= 0.6 is 39.0 Å². The first-order chi connectivity index (χ1) is 12.1. The number of hydrogen-bond acceptors (Lipinski definition) is 7. The highest BCUT2D eigenvalue weighted by Crippen LogP contribution is 2.30. The van der Waals surface area contributed by atoms with Gasteiger partial charge in [0.15, 0.2) is 0 Å². The van der Waals surface area contributed by atoms with Gasteiger partial charge in [-0.25, -0.2) is 0 Å². The van der Waals surface area contributed by atoms with E-state index < -0.39 is 0 Å². The Bertz CT molecular complexity index is 850. The van der Waals surface area contributed by atoms with Gasteiger partial charge in [0, 0.05) is 11.4 Å². The van der Waals surface area contributed by atoms with Crippen LogP contribution in [0.25, 0.3) is 10.7 Å². The zero-order valence-corrected chi connectivity index (χ0v) is 17.4. The van der Waals surface area contributed by atoms with Crippen LogP contribution in [0, 0.1) is 0 Å². The SMILES string of the molecule is COc1cc(CN(C)Cc2nc(-c3ccc(Br)s3)no2)ccc1SC. The van der Waals surface area contributed by atoms with Gasteiger partial charge >= 0.3 is 0 Å². The highest BCUT2D eigenvalue weighted by molar-refractivity contribution is 9.11. The molecule has 0 bridgehead atoms. The van der Waals surface area contributed by atoms with E-state index in [0.29, 0.717) is 18.3 Å². The molecule has 3 aromatic rings. The average Bonchev–Trinajstić information content (AvgIpc) is 3.23. The van der Waals surface area contributed by atoms with Gasteiger partial charge in [0.05, 0.1) is 22.3 Å². The summed E-state index contributed by atoms with van der Waals surface area (Å²) in [6.07, 6.45) is 2.04. The third kappa shape index (κ3) is 4.63. The number of aromatic nitrogens is 2. The highest BCUT2D eigenvalue weighted by Gasteiger charge is 2.13. The molecule has 0 radical (unpaired) electrons. The summed E-state index contributed by atoms with van der Waals surface area (Å²) in [5.74, 6) is 2.14. The molecule has 5 nitrogen and oxygen atoms in total. The third-order valence-corrected chi connectivity index (χ3v) is 5.96. The van der Waals surface area contributed by atoms with Crippen molar-refractivity contribution < 1.29 is 9.26 Å². The van der Waals surface area contributed by atoms with Crippen LogP contribution < -0.4 is 4.74 Å². The van der Waals surface area contributed by atoms with Gasteiger partial charge in [-0.1, -0.05) is 11.2 Å². The molecule has 2 heterocycles. The minimum Gasteiger partial charge on any atom is -0.496 e. The second-order valence-electron chi connectivity index (χ2n) is 5.48. The minimum atomic E-state index is 0.589. The maximum atomic E-state index is 5.45. The van der Waals surface area contributed by atoms with E-state index >= 15 is 0 Å². The molecule has 0 spiro atoms. The minimum absolute atomic E-state index is 0.589. The molecule has 0 aliphatic heterocycles. The van der Waals surface area contributed by atoms with Crippen LogP contribution in [0.5, 0.6) is 5.75 Å². The van der Waals surface area contributed by atoms with E-state index in [1.165, 1.54) is 5.56 Å². The summed E-state index contributed by atoms with van der Waals surface area (Å²) in [5, 5.41) is 4.06. The van der Waals surface area contributed by atoms with Crippen LogP contribution in [0.4, 0.5) is 0 Å². The first-order valence-electron chi connectivity index (χ1n) is 7.56. The van der Waals surface area contributed by atoms with Crippen LogP contribution in [0.15, 0.2) is 43.5 Å². The lowest BCUT2D eigenvalue weighted by Gasteiger charge is -2.15. The number of halogens is 1. The summed E-state index contributed by atoms with van der Waals surface area (Å²) in [4.78, 5) is 8.74. The van der Waals surface area contributed by atoms with Gasteiger partial charge in [0.25, 0.3) is 0 Å². The molecule has 0 saturated heterocycles. The molecular formula is C17H18BrN3O2S2. The molecule has 2 aromatic heterocycles. The second kappa shape index (κ2) is 8.35. The molecule has 0 aliphatic carbocycles. The van der Waals surface area contributed by atoms with Crippen LogP contribution in [0.1, 0.15) is 11.5 Å². The first kappa shape index (κ1) is 18.4. The normalized spacial score (nSPS) is 11.2. The van der Waals surface area contributed by atoms with Crippen LogP contribution in [-0.4, -0.2) is 35.5 Å². The molecule has 3 rings (SSSR count). The number of thiophene rings is 1. The van der Waals surface area contributed by atoms with Gasteiger partial charge in [0.1, 0.15) is 5.75 Å². The Morgan fingerprint density at radius 1 is 1.28 bits per heavy atom. The van der Waals surface area contributed by atoms with Crippen molar-refractivity contribution in [3.8, 4) is 16.5 Å². The molecule has 8 heteroatoms. The van der Waals surface area contributed by atoms with Crippen molar-refractivity contribution in [2.45, 2.75) is 18.0 Å². The van der Waals surface area contributed by atoms with Crippen LogP contribution in [-0.2, 0) is 13.1 Å². The highest BCUT2D eigenvalue weighted by atomic mass is 79.9. The Labute approximate surface area is 163 Å². The lowest BCUT2D eigenvalue weighted by molar-refractivity contribution is 0.260. The van der Waals surface area contributed by atoms with Gasteiger partial charge in [-0.3, -0.25) is 4.90 Å². The van der Waals surface area contributed by atoms with Crippen molar-refractivity contribution in [3.63, 3.8) is 0 Å². The molecule has 0 atom stereocenters. The Morgan fingerprint density at radius 3 is 2.80 bits per heavy atom. The zero-order chi connectivity index (χ0) is 17.8. The number of thioether (sulfide) groups is 1. The Morgan fingerprint density at radius 2 is 2.12 bits per heavy atom. The van der Waals surface area contributed by atoms with E-state index in [0.717, 1.165) is 25.9 Å². The Kier molecular flexibility index (Phi) is 6.16. The maximum Gasteiger partial charge on any atom is 0.241 e. The number of methoxy groups -OCH3 is 1. The van der Waals surface area contributed by atoms with Crippen molar-refractivity contribution in [2.75, 3.05) is 20.4 Å². The second-order valence-corrected chi connectivity index (χ2v) is 8.79. The van der Waals surface area contributed by atoms with Gasteiger partial charge < -0.3 is 9.26 Å². The fourth-order valence-electron chi connectivity index (χ4n) is 2.43. The number of ether oxygens (including phenoxy) is 1. The van der Waals surface area contributed by atoms with Crippen molar-refractivity contribution in [3.05, 3.63) is 45.6 Å². The summed E-state index contributed by atoms with van der Waals surface area (Å²) in [7, 11) is 3.73. The van der Waals surface area contributed by atoms with E-state index in [1.54, 1.807) is 30.2 Å². The summed E-state index contributed by atoms with van der Waals surface area (Å²) in [5.41, 5.74) is 1.18. The zero-order valence-electron chi connectivity index (χ0n) is 14.2. The van der Waals surface area contributed by atoms with Crippen molar-refractivity contribution in [1.82, 2.24) is 15.0 Å². The average molecular weight is 440 g/mol. The van der Waals surface area contributed by atoms with Crippen molar-refractivity contribution in [2.24, 2.45) is 0 Å². The van der Waals surface area contributed by atoms with Crippen molar-refractivity contribution >= 4 is 39.0 Å². The van der Waals surface area contributed by atoms with E-state index in [4.69, 9.17) is 9.26 Å². The van der Waals surface area contributed by atoms with Crippen LogP contribution in [0.3, 0.4) is 0 Å². The van der Waals surface area contributed by atoms with E-state index in [-0.39, 0.29) is 0 Å². The molecule has 0 fully saturated rings. The standard InChI is InChI=1S/C17H18BrN3O2S2/c1-21(9-11-4-5-13(24-3)12(8-11)22-2)10-16-19-17(20-23-16)14-6-7-15(18)25-14/h4-8H,9-10H2,1-3H3. The topological polar surface area (TPSA) is 51.4 Å². The number of nitrogens with zero attached hydrogens (tertiary/aromatic N) is 3. The quantitative estimate of drug-likeness (QED) is 0.486. The van der Waals surface area contributed by atoms with E-state index in [2.05, 4.69) is 49.2 Å². The van der Waals surface area contributed by atoms with E-state index in [1.807, 2.05) is 25.4 Å². The van der Waals surface area contributed by atoms with Crippen molar-refractivity contribution in [1.29, 1.82) is 0 Å². The lowest BCUT2D eigenvalue weighted by Crippen LogP contribution is -2.17. The van der Waals surface area contributed by atoms with Gasteiger partial charge in [-0.05, 0) is 59.1 Å². The summed E-state index contributed by atoms with van der Waals surface area (Å²) in [6, 6.07) is 10.2. The summed E-state index contributed by atoms with van der Waals surface area (Å²) >= 11 is 6.71. The molecule has 0 unspecified atom stereocenters. The van der Waals surface area contributed by atoms with Gasteiger partial charge in [-0.15, -0.1) is 23.1 Å². The molecule has 1 aromatic carbocycles. The summed E-state index contributed by atoms with van der Waals surface area (Å²) in [6.45, 7) is 1.36. The third-order valence-electron chi connectivity index (χ3n) is 3.57. The molecule has 25 heavy (non-hydrogen) atoms. The smallest absolute Gasteiger partial charge is 0.241 e. The number of rotatable bonds is 7. The monoisotopic (exact) mass is 439 g/mol. The molecule has 0 N–H and O–H groups in total. The van der Waals surface area contributed by atoms with Crippen LogP contribution in [0.2, 0.25) is 0 Å². The molecule has 0 amide bonds. The molecule has 0 aliphatic rings. The number of hydrogen-bond donors (Lipinski definition) is 0. The fourth-order valence-corrected chi connectivity index (χ4v) is 4.29. The summed E-state index contributed by atoms with van der Waals surface area (Å²) < 4.78 is 11.9. The predicted octanol–water partition coefficient (Wildman–Crippen LogP) is 4.92. The van der Waals surface area contributed by atoms with Gasteiger partial charge in [-0.2, -0.15) is 4.98 Å². The predicted molar refractivity (Wildman–Crippen MR) is 105 cm³/mol. The van der Waals surface area contributed by atoms with Gasteiger partial charge in [0.2, 0.25) is 11.7 Å². The Hall–Kier alpha value is -1.35. The number of benzene rings is 1. The first-order valence-corrected chi connectivity index (χ1v) is 10.4. The molecule has 0 saturated carbocycles. The van der Waals surface area contributed by atoms with E-state index in [9.17, 15) is 0 Å². The molecule has 132 valence electrons. The molecular weight excluding hydrogens is 422 g/mol. The fraction of sp³-hybridized carbons (Fsp3) is 0.294. The maximum absolute atomic E-state index is 5.45. The largest absolute Gasteiger partial charge is 0.496 e.